The molecule has 78 valence electrons. The zero-order chi connectivity index (χ0) is 10.6. The Morgan fingerprint density at radius 3 is 2.36 bits per heavy atom. The maximum Gasteiger partial charge on any atom is 0.0659 e. The molecule has 0 saturated heterocycles. The zero-order valence-corrected chi connectivity index (χ0v) is 9.84. The lowest BCUT2D eigenvalue weighted by atomic mass is 10.0. The second-order valence-corrected chi connectivity index (χ2v) is 5.37. The van der Waals surface area contributed by atoms with E-state index in [1.807, 2.05) is 25.1 Å². The average Bonchev–Trinajstić information content (AvgIpc) is 2.19. The summed E-state index contributed by atoms with van der Waals surface area (Å²) in [5, 5.41) is 9.71. The molecule has 0 radical (unpaired) electrons. The number of aliphatic hydroxyl groups is 1. The average molecular weight is 210 g/mol. The second kappa shape index (κ2) is 4.85. The fourth-order valence-corrected chi connectivity index (χ4v) is 2.36. The molecule has 0 aromatic heterocycles. The number of aliphatic hydroxyl groups excluding tert-OH is 1. The summed E-state index contributed by atoms with van der Waals surface area (Å²) in [7, 11) is 0. The maximum atomic E-state index is 9.71. The summed E-state index contributed by atoms with van der Waals surface area (Å²) >= 11 is 1.75. The van der Waals surface area contributed by atoms with Crippen molar-refractivity contribution in [1.82, 2.24) is 0 Å². The van der Waals surface area contributed by atoms with Gasteiger partial charge in [-0.05, 0) is 32.4 Å². The molecule has 0 saturated carbocycles. The van der Waals surface area contributed by atoms with Gasteiger partial charge >= 0.3 is 0 Å². The highest BCUT2D eigenvalue weighted by Gasteiger charge is 2.28. The van der Waals surface area contributed by atoms with Crippen LogP contribution in [0.2, 0.25) is 0 Å². The monoisotopic (exact) mass is 210 g/mol. The number of hydrogen-bond donors (Lipinski definition) is 1. The largest absolute Gasteiger partial charge is 0.392 e. The van der Waals surface area contributed by atoms with Gasteiger partial charge in [-0.2, -0.15) is 0 Å². The summed E-state index contributed by atoms with van der Waals surface area (Å²) in [6, 6.07) is 10.2. The van der Waals surface area contributed by atoms with E-state index >= 15 is 0 Å². The summed E-state index contributed by atoms with van der Waals surface area (Å²) in [6.45, 7) is 6.08. The normalized spacial score (nSPS) is 17.4. The molecule has 2 heteroatoms. The molecule has 1 nitrogen and oxygen atoms in total. The molecule has 1 rings (SSSR count). The van der Waals surface area contributed by atoms with Crippen molar-refractivity contribution in [2.75, 3.05) is 0 Å². The highest BCUT2D eigenvalue weighted by molar-refractivity contribution is 8.00. The van der Waals surface area contributed by atoms with Gasteiger partial charge < -0.3 is 5.11 Å². The smallest absolute Gasteiger partial charge is 0.0659 e. The van der Waals surface area contributed by atoms with Gasteiger partial charge in [-0.1, -0.05) is 25.1 Å². The number of thioether (sulfide) groups is 1. The summed E-state index contributed by atoms with van der Waals surface area (Å²) in [4.78, 5) is 1.22. The van der Waals surface area contributed by atoms with Crippen LogP contribution in [-0.4, -0.2) is 16.0 Å². The van der Waals surface area contributed by atoms with E-state index < -0.39 is 0 Å². The van der Waals surface area contributed by atoms with Crippen LogP contribution in [0.4, 0.5) is 0 Å². The Kier molecular flexibility index (Phi) is 4.02. The SMILES string of the molecule is CCC(C)(Sc1ccccc1)C(C)O. The van der Waals surface area contributed by atoms with Crippen molar-refractivity contribution < 1.29 is 5.11 Å². The van der Waals surface area contributed by atoms with Gasteiger partial charge in [-0.25, -0.2) is 0 Å². The first-order valence-corrected chi connectivity index (χ1v) is 5.82. The predicted molar refractivity (Wildman–Crippen MR) is 62.7 cm³/mol. The van der Waals surface area contributed by atoms with Gasteiger partial charge in [-0.15, -0.1) is 11.8 Å². The van der Waals surface area contributed by atoms with Gasteiger partial charge in [0.05, 0.1) is 6.10 Å². The van der Waals surface area contributed by atoms with E-state index in [1.54, 1.807) is 11.8 Å². The van der Waals surface area contributed by atoms with Crippen LogP contribution >= 0.6 is 11.8 Å². The predicted octanol–water partition coefficient (Wildman–Crippen LogP) is 3.33. The van der Waals surface area contributed by atoms with Crippen LogP contribution in [0.3, 0.4) is 0 Å². The fraction of sp³-hybridized carbons (Fsp3) is 0.500. The third-order valence-corrected chi connectivity index (χ3v) is 4.28. The van der Waals surface area contributed by atoms with Crippen LogP contribution < -0.4 is 0 Å². The summed E-state index contributed by atoms with van der Waals surface area (Å²) in [6.07, 6.45) is 0.669. The lowest BCUT2D eigenvalue weighted by Crippen LogP contribution is -2.32. The molecular formula is C12H18OS. The highest BCUT2D eigenvalue weighted by atomic mass is 32.2. The minimum atomic E-state index is -0.294. The zero-order valence-electron chi connectivity index (χ0n) is 9.03. The Labute approximate surface area is 90.5 Å². The van der Waals surface area contributed by atoms with Crippen molar-refractivity contribution in [3.05, 3.63) is 30.3 Å². The van der Waals surface area contributed by atoms with Crippen LogP contribution in [-0.2, 0) is 0 Å². The molecule has 14 heavy (non-hydrogen) atoms. The Morgan fingerprint density at radius 1 is 1.36 bits per heavy atom. The molecule has 0 fully saturated rings. The van der Waals surface area contributed by atoms with Crippen molar-refractivity contribution in [3.63, 3.8) is 0 Å². The van der Waals surface area contributed by atoms with Gasteiger partial charge in [0.15, 0.2) is 0 Å². The summed E-state index contributed by atoms with van der Waals surface area (Å²) < 4.78 is -0.0820. The standard InChI is InChI=1S/C12H18OS/c1-4-12(3,10(2)13)14-11-8-6-5-7-9-11/h5-10,13H,4H2,1-3H3. The highest BCUT2D eigenvalue weighted by Crippen LogP contribution is 2.37. The Hall–Kier alpha value is -0.470. The molecule has 0 amide bonds. The Morgan fingerprint density at radius 2 is 1.93 bits per heavy atom. The minimum Gasteiger partial charge on any atom is -0.392 e. The molecule has 0 aliphatic carbocycles. The van der Waals surface area contributed by atoms with Gasteiger partial charge in [0.1, 0.15) is 0 Å². The summed E-state index contributed by atoms with van der Waals surface area (Å²) in [5.74, 6) is 0. The van der Waals surface area contributed by atoms with E-state index in [2.05, 4.69) is 26.0 Å². The van der Waals surface area contributed by atoms with Gasteiger partial charge in [0.25, 0.3) is 0 Å². The van der Waals surface area contributed by atoms with Gasteiger partial charge in [0, 0.05) is 9.64 Å². The first-order chi connectivity index (χ1) is 6.58. The van der Waals surface area contributed by atoms with Crippen LogP contribution in [0.15, 0.2) is 35.2 Å². The molecule has 0 heterocycles. The number of rotatable bonds is 4. The van der Waals surface area contributed by atoms with Crippen LogP contribution in [0.25, 0.3) is 0 Å². The van der Waals surface area contributed by atoms with Gasteiger partial charge in [-0.3, -0.25) is 0 Å². The van der Waals surface area contributed by atoms with Crippen LogP contribution in [0, 0.1) is 0 Å². The van der Waals surface area contributed by atoms with E-state index in [-0.39, 0.29) is 10.9 Å². The third kappa shape index (κ3) is 2.76. The first-order valence-electron chi connectivity index (χ1n) is 5.00. The lowest BCUT2D eigenvalue weighted by Gasteiger charge is -2.30. The topological polar surface area (TPSA) is 20.2 Å². The van der Waals surface area contributed by atoms with Crippen LogP contribution in [0.5, 0.6) is 0 Å². The Balaban J connectivity index is 2.76. The van der Waals surface area contributed by atoms with Crippen molar-refractivity contribution in [2.24, 2.45) is 0 Å². The number of benzene rings is 1. The fourth-order valence-electron chi connectivity index (χ4n) is 1.21. The first kappa shape index (κ1) is 11.6. The third-order valence-electron chi connectivity index (χ3n) is 2.68. The minimum absolute atomic E-state index is 0.0820. The molecule has 2 unspecified atom stereocenters. The van der Waals surface area contributed by atoms with E-state index in [1.165, 1.54) is 4.90 Å². The van der Waals surface area contributed by atoms with E-state index in [4.69, 9.17) is 0 Å². The van der Waals surface area contributed by atoms with E-state index in [0.29, 0.717) is 0 Å². The van der Waals surface area contributed by atoms with Crippen molar-refractivity contribution in [3.8, 4) is 0 Å². The quantitative estimate of drug-likeness (QED) is 0.769. The molecule has 0 aliphatic heterocycles. The van der Waals surface area contributed by atoms with E-state index in [0.717, 1.165) is 6.42 Å². The van der Waals surface area contributed by atoms with Gasteiger partial charge in [0.2, 0.25) is 0 Å². The maximum absolute atomic E-state index is 9.71. The molecule has 1 aromatic rings. The molecular weight excluding hydrogens is 192 g/mol. The van der Waals surface area contributed by atoms with E-state index in [9.17, 15) is 5.11 Å². The lowest BCUT2D eigenvalue weighted by molar-refractivity contribution is 0.151. The Bertz CT molecular complexity index is 271. The molecule has 2 atom stereocenters. The molecule has 1 N–H and O–H groups in total. The van der Waals surface area contributed by atoms with Crippen LogP contribution in [0.1, 0.15) is 27.2 Å². The molecule has 0 aliphatic rings. The molecule has 0 spiro atoms. The van der Waals surface area contributed by atoms with Crippen molar-refractivity contribution >= 4 is 11.8 Å². The molecule has 0 bridgehead atoms. The second-order valence-electron chi connectivity index (χ2n) is 3.76. The summed E-state index contributed by atoms with van der Waals surface area (Å²) in [5.41, 5.74) is 0. The van der Waals surface area contributed by atoms with Crippen molar-refractivity contribution in [2.45, 2.75) is 42.9 Å². The number of hydrogen-bond acceptors (Lipinski definition) is 2. The van der Waals surface area contributed by atoms with Crippen molar-refractivity contribution in [1.29, 1.82) is 0 Å². The molecule has 1 aromatic carbocycles.